The topological polar surface area (TPSA) is 67.9 Å². The monoisotopic (exact) mass is 319 g/mol. The lowest BCUT2D eigenvalue weighted by Crippen LogP contribution is -1.91. The molecule has 0 aliphatic rings. The highest BCUT2D eigenvalue weighted by Gasteiger charge is 2.08. The molecule has 2 rings (SSSR count). The lowest BCUT2D eigenvalue weighted by Gasteiger charge is -1.96. The summed E-state index contributed by atoms with van der Waals surface area (Å²) in [6.45, 7) is 1.78. The van der Waals surface area contributed by atoms with Gasteiger partial charge in [0.15, 0.2) is 0 Å². The Kier molecular flexibility index (Phi) is 6.35. The highest BCUT2D eigenvalue weighted by Crippen LogP contribution is 2.18. The third-order valence-electron chi connectivity index (χ3n) is 3.09. The molecule has 0 atom stereocenters. The van der Waals surface area contributed by atoms with E-state index in [0.717, 1.165) is 5.56 Å². The van der Waals surface area contributed by atoms with E-state index in [1.54, 1.807) is 49.6 Å². The van der Waals surface area contributed by atoms with Gasteiger partial charge in [0.2, 0.25) is 0 Å². The molecule has 0 aliphatic heterocycles. The largest absolute Gasteiger partial charge is 0.276 e. The molecular formula is C19H17N3O2. The zero-order chi connectivity index (χ0) is 17.2. The Morgan fingerprint density at radius 3 is 2.50 bits per heavy atom. The number of hydrogen-bond donors (Lipinski definition) is 0. The van der Waals surface area contributed by atoms with E-state index in [9.17, 15) is 10.1 Å². The van der Waals surface area contributed by atoms with Gasteiger partial charge in [-0.25, -0.2) is 0 Å². The molecule has 0 unspecified atom stereocenters. The Morgan fingerprint density at radius 1 is 1.04 bits per heavy atom. The van der Waals surface area contributed by atoms with E-state index in [1.807, 2.05) is 36.4 Å². The molecular weight excluding hydrogens is 302 g/mol. The predicted octanol–water partition coefficient (Wildman–Crippen LogP) is 4.77. The van der Waals surface area contributed by atoms with Crippen LogP contribution in [0.25, 0.3) is 12.2 Å². The molecule has 24 heavy (non-hydrogen) atoms. The van der Waals surface area contributed by atoms with Crippen molar-refractivity contribution in [2.45, 2.75) is 6.92 Å². The summed E-state index contributed by atoms with van der Waals surface area (Å²) in [6.07, 6.45) is 8.68. The number of nitro benzene ring substituents is 1. The maximum atomic E-state index is 10.9. The Hall–Kier alpha value is -3.34. The van der Waals surface area contributed by atoms with Crippen LogP contribution in [0.3, 0.4) is 0 Å². The van der Waals surface area contributed by atoms with Crippen LogP contribution in [-0.4, -0.2) is 16.8 Å². The summed E-state index contributed by atoms with van der Waals surface area (Å²) in [5.41, 5.74) is 2.33. The third-order valence-corrected chi connectivity index (χ3v) is 3.09. The van der Waals surface area contributed by atoms with Gasteiger partial charge in [-0.05, 0) is 36.8 Å². The molecule has 120 valence electrons. The summed E-state index contributed by atoms with van der Waals surface area (Å²) in [4.78, 5) is 10.5. The minimum absolute atomic E-state index is 0.0656. The number of nitro groups is 1. The van der Waals surface area contributed by atoms with Crippen LogP contribution in [0.4, 0.5) is 5.69 Å². The van der Waals surface area contributed by atoms with Crippen molar-refractivity contribution in [3.8, 4) is 0 Å². The first-order chi connectivity index (χ1) is 11.7. The summed E-state index contributed by atoms with van der Waals surface area (Å²) in [5.74, 6) is 0. The van der Waals surface area contributed by atoms with Crippen molar-refractivity contribution < 1.29 is 4.92 Å². The molecule has 0 spiro atoms. The summed E-state index contributed by atoms with van der Waals surface area (Å²) in [7, 11) is 0. The lowest BCUT2D eigenvalue weighted by molar-refractivity contribution is -0.385. The average Bonchev–Trinajstić information content (AvgIpc) is 2.60. The summed E-state index contributed by atoms with van der Waals surface area (Å²) < 4.78 is 0. The Labute approximate surface area is 140 Å². The van der Waals surface area contributed by atoms with E-state index < -0.39 is 4.92 Å². The van der Waals surface area contributed by atoms with Gasteiger partial charge >= 0.3 is 0 Å². The number of para-hydroxylation sites is 1. The van der Waals surface area contributed by atoms with E-state index in [-0.39, 0.29) is 5.69 Å². The molecule has 0 amide bonds. The fourth-order valence-corrected chi connectivity index (χ4v) is 1.92. The van der Waals surface area contributed by atoms with Crippen LogP contribution < -0.4 is 0 Å². The Bertz CT molecular complexity index is 806. The third kappa shape index (κ3) is 5.46. The van der Waals surface area contributed by atoms with Crippen LogP contribution in [0.2, 0.25) is 0 Å². The first-order valence-corrected chi connectivity index (χ1v) is 7.37. The molecule has 0 radical (unpaired) electrons. The number of benzene rings is 2. The smallest absolute Gasteiger partial charge is 0.258 e. The first kappa shape index (κ1) is 17.0. The second-order valence-corrected chi connectivity index (χ2v) is 4.92. The van der Waals surface area contributed by atoms with Crippen LogP contribution >= 0.6 is 0 Å². The van der Waals surface area contributed by atoms with E-state index in [2.05, 4.69) is 10.2 Å². The fourth-order valence-electron chi connectivity index (χ4n) is 1.92. The van der Waals surface area contributed by atoms with Gasteiger partial charge in [-0.15, -0.1) is 0 Å². The van der Waals surface area contributed by atoms with Crippen molar-refractivity contribution >= 4 is 29.8 Å². The molecule has 2 aromatic carbocycles. The Balaban J connectivity index is 1.98. The highest BCUT2D eigenvalue weighted by atomic mass is 16.6. The van der Waals surface area contributed by atoms with Crippen molar-refractivity contribution in [3.63, 3.8) is 0 Å². The fraction of sp³-hybridized carbons (Fsp3) is 0.0526. The van der Waals surface area contributed by atoms with Gasteiger partial charge in [0.25, 0.3) is 5.69 Å². The van der Waals surface area contributed by atoms with Crippen molar-refractivity contribution in [1.82, 2.24) is 0 Å². The van der Waals surface area contributed by atoms with Gasteiger partial charge in [-0.3, -0.25) is 10.1 Å². The van der Waals surface area contributed by atoms with Gasteiger partial charge in [0.05, 0.1) is 16.2 Å². The first-order valence-electron chi connectivity index (χ1n) is 7.37. The van der Waals surface area contributed by atoms with Crippen LogP contribution in [0, 0.1) is 10.1 Å². The summed E-state index contributed by atoms with van der Waals surface area (Å²) in [6, 6.07) is 16.4. The second-order valence-electron chi connectivity index (χ2n) is 4.92. The number of nitrogens with zero attached hydrogens (tertiary/aromatic N) is 3. The minimum Gasteiger partial charge on any atom is -0.258 e. The van der Waals surface area contributed by atoms with E-state index in [1.165, 1.54) is 6.07 Å². The van der Waals surface area contributed by atoms with Gasteiger partial charge in [0.1, 0.15) is 0 Å². The van der Waals surface area contributed by atoms with Crippen LogP contribution in [0.1, 0.15) is 18.1 Å². The molecule has 0 heterocycles. The van der Waals surface area contributed by atoms with Crippen molar-refractivity contribution in [2.24, 2.45) is 10.2 Å². The maximum Gasteiger partial charge on any atom is 0.276 e. The molecule has 0 aliphatic carbocycles. The normalized spacial score (nSPS) is 12.5. The molecule has 0 saturated heterocycles. The average molecular weight is 319 g/mol. The van der Waals surface area contributed by atoms with Gasteiger partial charge in [0, 0.05) is 12.3 Å². The second kappa shape index (κ2) is 8.95. The number of allylic oxidation sites excluding steroid dienone is 2. The van der Waals surface area contributed by atoms with Gasteiger partial charge in [-0.2, -0.15) is 10.2 Å². The van der Waals surface area contributed by atoms with Crippen molar-refractivity contribution in [2.75, 3.05) is 0 Å². The zero-order valence-corrected chi connectivity index (χ0v) is 13.2. The predicted molar refractivity (Wildman–Crippen MR) is 99.2 cm³/mol. The van der Waals surface area contributed by atoms with E-state index in [4.69, 9.17) is 0 Å². The molecule has 5 nitrogen and oxygen atoms in total. The number of hydrogen-bond acceptors (Lipinski definition) is 4. The highest BCUT2D eigenvalue weighted by molar-refractivity contribution is 5.97. The quantitative estimate of drug-likeness (QED) is 0.437. The van der Waals surface area contributed by atoms with Gasteiger partial charge in [-0.1, -0.05) is 48.5 Å². The van der Waals surface area contributed by atoms with Crippen molar-refractivity contribution in [1.29, 1.82) is 0 Å². The number of rotatable bonds is 6. The standard InChI is InChI=1S/C19H17N3O2/c1-16(13-14-18-11-5-6-12-19(18)22(23)24)21-20-15-7-10-17-8-3-2-4-9-17/h2-15H,1H3/b10-7+,14-13+,20-15+,21-16-. The van der Waals surface area contributed by atoms with E-state index >= 15 is 0 Å². The molecule has 0 bridgehead atoms. The summed E-state index contributed by atoms with van der Waals surface area (Å²) >= 11 is 0. The molecule has 0 fully saturated rings. The van der Waals surface area contributed by atoms with Crippen LogP contribution in [-0.2, 0) is 0 Å². The van der Waals surface area contributed by atoms with E-state index in [0.29, 0.717) is 11.3 Å². The molecule has 2 aromatic rings. The zero-order valence-electron chi connectivity index (χ0n) is 13.2. The molecule has 0 aromatic heterocycles. The molecule has 5 heteroatoms. The summed E-state index contributed by atoms with van der Waals surface area (Å²) in [5, 5.41) is 18.9. The molecule has 0 saturated carbocycles. The minimum atomic E-state index is -0.404. The van der Waals surface area contributed by atoms with Crippen LogP contribution in [0.5, 0.6) is 0 Å². The molecule has 0 N–H and O–H groups in total. The van der Waals surface area contributed by atoms with Gasteiger partial charge < -0.3 is 0 Å². The van der Waals surface area contributed by atoms with Crippen LogP contribution in [0.15, 0.2) is 77.0 Å². The van der Waals surface area contributed by atoms with Crippen molar-refractivity contribution in [3.05, 3.63) is 88.0 Å². The lowest BCUT2D eigenvalue weighted by atomic mass is 10.1. The Morgan fingerprint density at radius 2 is 1.75 bits per heavy atom. The SMILES string of the molecule is CC(/C=C/c1ccccc1[N+](=O)[O-])=N/N=C/C=C/c1ccccc1. The maximum absolute atomic E-state index is 10.9.